The lowest BCUT2D eigenvalue weighted by Gasteiger charge is -2.11. The Morgan fingerprint density at radius 1 is 0.844 bits per heavy atom. The molecule has 0 fully saturated rings. The van der Waals surface area contributed by atoms with Gasteiger partial charge in [-0.15, -0.1) is 0 Å². The molecule has 2 heterocycles. The van der Waals surface area contributed by atoms with Gasteiger partial charge in [-0.25, -0.2) is 9.97 Å². The first-order valence-electron chi connectivity index (χ1n) is 10.2. The first-order chi connectivity index (χ1) is 15.8. The highest BCUT2D eigenvalue weighted by Gasteiger charge is 2.10. The number of para-hydroxylation sites is 3. The molecule has 5 rings (SSSR count). The summed E-state index contributed by atoms with van der Waals surface area (Å²) in [5.74, 6) is 0.993. The van der Waals surface area contributed by atoms with Crippen LogP contribution in [0, 0.1) is 0 Å². The molecule has 0 radical (unpaired) electrons. The number of H-pyrrole nitrogens is 1. The summed E-state index contributed by atoms with van der Waals surface area (Å²) in [5.41, 5.74) is 5.70. The van der Waals surface area contributed by atoms with E-state index in [1.165, 1.54) is 11.8 Å². The van der Waals surface area contributed by atoms with Gasteiger partial charge in [-0.2, -0.15) is 0 Å². The number of anilines is 1. The van der Waals surface area contributed by atoms with Gasteiger partial charge >= 0.3 is 0 Å². The first kappa shape index (κ1) is 20.0. The van der Waals surface area contributed by atoms with Crippen molar-refractivity contribution < 1.29 is 4.79 Å². The lowest BCUT2D eigenvalue weighted by atomic mass is 10.0. The Balaban J connectivity index is 1.23. The number of pyridine rings is 1. The predicted molar refractivity (Wildman–Crippen MR) is 131 cm³/mol. The molecule has 5 aromatic rings. The third-order valence-corrected chi connectivity index (χ3v) is 5.98. The standard InChI is InChI=1S/C26H20N4OS/c31-24(28-21-11-5-4-10-20(21)18-8-2-1-3-9-18)17-32-25-15-14-19(16-27-25)26-29-22-12-6-7-13-23(22)30-26/h1-16H,17H2,(H,28,31)(H,29,30). The molecule has 0 spiro atoms. The number of nitrogens with zero attached hydrogens (tertiary/aromatic N) is 2. The molecule has 0 aliphatic rings. The fraction of sp³-hybridized carbons (Fsp3) is 0.0385. The minimum atomic E-state index is -0.0680. The summed E-state index contributed by atoms with van der Waals surface area (Å²) in [5, 5.41) is 3.82. The first-order valence-corrected chi connectivity index (χ1v) is 11.2. The second-order valence-electron chi connectivity index (χ2n) is 7.24. The maximum absolute atomic E-state index is 12.6. The van der Waals surface area contributed by atoms with Gasteiger partial charge in [-0.3, -0.25) is 4.79 Å². The minimum absolute atomic E-state index is 0.0680. The average molecular weight is 437 g/mol. The summed E-state index contributed by atoms with van der Waals surface area (Å²) in [7, 11) is 0. The number of fused-ring (bicyclic) bond motifs is 1. The summed E-state index contributed by atoms with van der Waals surface area (Å²) in [4.78, 5) is 25.0. The van der Waals surface area contributed by atoms with Gasteiger partial charge in [0.25, 0.3) is 0 Å². The van der Waals surface area contributed by atoms with Gasteiger partial charge in [0, 0.05) is 23.0 Å². The Labute approximate surface area is 189 Å². The fourth-order valence-electron chi connectivity index (χ4n) is 3.48. The van der Waals surface area contributed by atoms with Gasteiger partial charge in [0.15, 0.2) is 0 Å². The van der Waals surface area contributed by atoms with E-state index in [2.05, 4.69) is 20.3 Å². The van der Waals surface area contributed by atoms with Crippen LogP contribution in [-0.4, -0.2) is 26.6 Å². The van der Waals surface area contributed by atoms with E-state index in [4.69, 9.17) is 0 Å². The molecule has 0 aliphatic heterocycles. The van der Waals surface area contributed by atoms with Crippen molar-refractivity contribution in [3.05, 3.63) is 97.2 Å². The van der Waals surface area contributed by atoms with E-state index in [0.29, 0.717) is 0 Å². The zero-order valence-electron chi connectivity index (χ0n) is 17.2. The molecule has 0 bridgehead atoms. The largest absolute Gasteiger partial charge is 0.338 e. The molecule has 0 saturated carbocycles. The van der Waals surface area contributed by atoms with Crippen LogP contribution in [0.1, 0.15) is 0 Å². The number of thioether (sulfide) groups is 1. The van der Waals surface area contributed by atoms with Crippen molar-refractivity contribution in [2.45, 2.75) is 5.03 Å². The number of imidazole rings is 1. The number of benzene rings is 3. The number of aromatic amines is 1. The number of hydrogen-bond donors (Lipinski definition) is 2. The van der Waals surface area contributed by atoms with E-state index < -0.39 is 0 Å². The maximum Gasteiger partial charge on any atom is 0.234 e. The van der Waals surface area contributed by atoms with Crippen LogP contribution in [0.3, 0.4) is 0 Å². The Morgan fingerprint density at radius 2 is 1.62 bits per heavy atom. The molecule has 0 unspecified atom stereocenters. The Bertz CT molecular complexity index is 1330. The molecular weight excluding hydrogens is 416 g/mol. The van der Waals surface area contributed by atoms with Crippen molar-refractivity contribution in [3.8, 4) is 22.5 Å². The van der Waals surface area contributed by atoms with Crippen LogP contribution in [0.4, 0.5) is 5.69 Å². The Hall–Kier alpha value is -3.90. The van der Waals surface area contributed by atoms with Gasteiger partial charge in [0.2, 0.25) is 5.91 Å². The van der Waals surface area contributed by atoms with Gasteiger partial charge in [-0.05, 0) is 35.9 Å². The van der Waals surface area contributed by atoms with Crippen LogP contribution in [0.2, 0.25) is 0 Å². The SMILES string of the molecule is O=C(CSc1ccc(-c2nc3ccccc3[nH]2)cn1)Nc1ccccc1-c1ccccc1. The monoisotopic (exact) mass is 436 g/mol. The molecule has 32 heavy (non-hydrogen) atoms. The Morgan fingerprint density at radius 3 is 2.44 bits per heavy atom. The van der Waals surface area contributed by atoms with Crippen LogP contribution in [0.15, 0.2) is 102 Å². The highest BCUT2D eigenvalue weighted by Crippen LogP contribution is 2.28. The average Bonchev–Trinajstić information content (AvgIpc) is 3.28. The molecular formula is C26H20N4OS. The van der Waals surface area contributed by atoms with Gasteiger partial charge < -0.3 is 10.3 Å². The van der Waals surface area contributed by atoms with Crippen molar-refractivity contribution in [2.75, 3.05) is 11.1 Å². The molecule has 6 heteroatoms. The predicted octanol–water partition coefficient (Wildman–Crippen LogP) is 6.02. The third kappa shape index (κ3) is 4.40. The van der Waals surface area contributed by atoms with E-state index in [9.17, 15) is 4.79 Å². The number of hydrogen-bond acceptors (Lipinski definition) is 4. The molecule has 0 atom stereocenters. The summed E-state index contributed by atoms with van der Waals surface area (Å²) < 4.78 is 0. The normalized spacial score (nSPS) is 10.9. The highest BCUT2D eigenvalue weighted by molar-refractivity contribution is 7.99. The van der Waals surface area contributed by atoms with Crippen molar-refractivity contribution in [3.63, 3.8) is 0 Å². The van der Waals surface area contributed by atoms with Crippen LogP contribution in [-0.2, 0) is 4.79 Å². The van der Waals surface area contributed by atoms with Crippen molar-refractivity contribution >= 4 is 34.4 Å². The van der Waals surface area contributed by atoms with Crippen LogP contribution >= 0.6 is 11.8 Å². The molecule has 2 N–H and O–H groups in total. The second-order valence-corrected chi connectivity index (χ2v) is 8.23. The van der Waals surface area contributed by atoms with E-state index in [0.717, 1.165) is 44.3 Å². The topological polar surface area (TPSA) is 70.7 Å². The highest BCUT2D eigenvalue weighted by atomic mass is 32.2. The molecule has 156 valence electrons. The van der Waals surface area contributed by atoms with Crippen LogP contribution in [0.25, 0.3) is 33.5 Å². The van der Waals surface area contributed by atoms with Crippen molar-refractivity contribution in [1.82, 2.24) is 15.0 Å². The molecule has 0 saturated heterocycles. The zero-order valence-corrected chi connectivity index (χ0v) is 18.0. The molecule has 3 aromatic carbocycles. The van der Waals surface area contributed by atoms with E-state index in [1.807, 2.05) is 91.0 Å². The van der Waals surface area contributed by atoms with E-state index in [-0.39, 0.29) is 11.7 Å². The number of carbonyl (C=O) groups is 1. The number of rotatable bonds is 6. The second kappa shape index (κ2) is 9.08. The van der Waals surface area contributed by atoms with Crippen LogP contribution in [0.5, 0.6) is 0 Å². The molecule has 0 aliphatic carbocycles. The zero-order chi connectivity index (χ0) is 21.8. The lowest BCUT2D eigenvalue weighted by molar-refractivity contribution is -0.113. The number of nitrogens with one attached hydrogen (secondary N) is 2. The van der Waals surface area contributed by atoms with Gasteiger partial charge in [0.05, 0.1) is 21.8 Å². The molecule has 2 aromatic heterocycles. The fourth-order valence-corrected chi connectivity index (χ4v) is 4.13. The molecule has 5 nitrogen and oxygen atoms in total. The van der Waals surface area contributed by atoms with Crippen LogP contribution < -0.4 is 5.32 Å². The number of carbonyl (C=O) groups excluding carboxylic acids is 1. The van der Waals surface area contributed by atoms with Gasteiger partial charge in [-0.1, -0.05) is 72.4 Å². The number of amides is 1. The number of aromatic nitrogens is 3. The third-order valence-electron chi connectivity index (χ3n) is 5.04. The lowest BCUT2D eigenvalue weighted by Crippen LogP contribution is -2.14. The summed E-state index contributed by atoms with van der Waals surface area (Å²) in [6, 6.07) is 29.7. The summed E-state index contributed by atoms with van der Waals surface area (Å²) >= 11 is 1.40. The minimum Gasteiger partial charge on any atom is -0.338 e. The van der Waals surface area contributed by atoms with Crippen molar-refractivity contribution in [1.29, 1.82) is 0 Å². The summed E-state index contributed by atoms with van der Waals surface area (Å²) in [6.45, 7) is 0. The Kier molecular flexibility index (Phi) is 5.68. The van der Waals surface area contributed by atoms with E-state index >= 15 is 0 Å². The summed E-state index contributed by atoms with van der Waals surface area (Å²) in [6.07, 6.45) is 1.78. The van der Waals surface area contributed by atoms with Gasteiger partial charge in [0.1, 0.15) is 5.82 Å². The maximum atomic E-state index is 12.6. The van der Waals surface area contributed by atoms with E-state index in [1.54, 1.807) is 6.20 Å². The van der Waals surface area contributed by atoms with Crippen molar-refractivity contribution in [2.24, 2.45) is 0 Å². The smallest absolute Gasteiger partial charge is 0.234 e. The quantitative estimate of drug-likeness (QED) is 0.319. The molecule has 1 amide bonds.